The average Bonchev–Trinajstić information content (AvgIpc) is 2.77. The molecule has 0 fully saturated rings. The standard InChI is InChI=1S/C12H12Cl2N2O/c1-2-16-8-15-6-10(16)7-17-12-5-9(13)3-4-11(12)14/h3-6,8H,2,7H2,1H3. The molecule has 17 heavy (non-hydrogen) atoms. The molecule has 1 aromatic heterocycles. The first-order valence-corrected chi connectivity index (χ1v) is 6.03. The smallest absolute Gasteiger partial charge is 0.139 e. The third kappa shape index (κ3) is 2.93. The minimum Gasteiger partial charge on any atom is -0.486 e. The van der Waals surface area contributed by atoms with Gasteiger partial charge in [-0.3, -0.25) is 0 Å². The Labute approximate surface area is 110 Å². The molecule has 0 bridgehead atoms. The number of rotatable bonds is 4. The van der Waals surface area contributed by atoms with E-state index in [4.69, 9.17) is 27.9 Å². The lowest BCUT2D eigenvalue weighted by molar-refractivity contribution is 0.295. The number of halogens is 2. The lowest BCUT2D eigenvalue weighted by Crippen LogP contribution is -2.03. The van der Waals surface area contributed by atoms with Crippen LogP contribution < -0.4 is 4.74 Å². The lowest BCUT2D eigenvalue weighted by Gasteiger charge is -2.09. The van der Waals surface area contributed by atoms with E-state index < -0.39 is 0 Å². The van der Waals surface area contributed by atoms with Crippen LogP contribution in [0.3, 0.4) is 0 Å². The van der Waals surface area contributed by atoms with E-state index in [0.29, 0.717) is 22.4 Å². The summed E-state index contributed by atoms with van der Waals surface area (Å²) in [4.78, 5) is 4.07. The number of aryl methyl sites for hydroxylation is 1. The molecule has 0 aliphatic carbocycles. The van der Waals surface area contributed by atoms with Crippen LogP contribution in [0.5, 0.6) is 5.75 Å². The van der Waals surface area contributed by atoms with Crippen LogP contribution in [0.2, 0.25) is 10.0 Å². The number of imidazole rings is 1. The first kappa shape index (κ1) is 12.3. The van der Waals surface area contributed by atoms with Crippen molar-refractivity contribution in [2.24, 2.45) is 0 Å². The predicted octanol–water partition coefficient (Wildman–Crippen LogP) is 3.79. The summed E-state index contributed by atoms with van der Waals surface area (Å²) in [7, 11) is 0. The molecule has 0 unspecified atom stereocenters. The SMILES string of the molecule is CCn1cncc1COc1cc(Cl)ccc1Cl. The normalized spacial score (nSPS) is 10.5. The van der Waals surface area contributed by atoms with E-state index in [-0.39, 0.29) is 0 Å². The van der Waals surface area contributed by atoms with Crippen molar-refractivity contribution in [2.75, 3.05) is 0 Å². The topological polar surface area (TPSA) is 27.1 Å². The Morgan fingerprint density at radius 3 is 2.94 bits per heavy atom. The zero-order valence-electron chi connectivity index (χ0n) is 9.36. The van der Waals surface area contributed by atoms with E-state index in [2.05, 4.69) is 11.9 Å². The van der Waals surface area contributed by atoms with Gasteiger partial charge in [-0.2, -0.15) is 0 Å². The third-order valence-electron chi connectivity index (χ3n) is 2.41. The van der Waals surface area contributed by atoms with Crippen molar-refractivity contribution in [3.05, 3.63) is 46.5 Å². The molecular formula is C12H12Cl2N2O. The molecule has 3 nitrogen and oxygen atoms in total. The maximum Gasteiger partial charge on any atom is 0.139 e. The van der Waals surface area contributed by atoms with Crippen LogP contribution in [0.15, 0.2) is 30.7 Å². The fourth-order valence-corrected chi connectivity index (χ4v) is 1.83. The number of aromatic nitrogens is 2. The third-order valence-corrected chi connectivity index (χ3v) is 2.96. The Bertz CT molecular complexity index is 511. The Hall–Kier alpha value is -1.19. The van der Waals surface area contributed by atoms with Crippen LogP contribution in [0, 0.1) is 0 Å². The number of hydrogen-bond donors (Lipinski definition) is 0. The van der Waals surface area contributed by atoms with Gasteiger partial charge in [0.05, 0.1) is 23.2 Å². The Morgan fingerprint density at radius 1 is 1.35 bits per heavy atom. The summed E-state index contributed by atoms with van der Waals surface area (Å²) in [5.41, 5.74) is 1.00. The molecule has 0 aliphatic rings. The maximum absolute atomic E-state index is 6.00. The van der Waals surface area contributed by atoms with Gasteiger partial charge in [0.2, 0.25) is 0 Å². The van der Waals surface area contributed by atoms with Gasteiger partial charge < -0.3 is 9.30 Å². The highest BCUT2D eigenvalue weighted by Crippen LogP contribution is 2.28. The van der Waals surface area contributed by atoms with Crippen molar-refractivity contribution in [3.63, 3.8) is 0 Å². The van der Waals surface area contributed by atoms with Gasteiger partial charge >= 0.3 is 0 Å². The molecule has 5 heteroatoms. The lowest BCUT2D eigenvalue weighted by atomic mass is 10.3. The zero-order chi connectivity index (χ0) is 12.3. The van der Waals surface area contributed by atoms with Gasteiger partial charge in [-0.25, -0.2) is 4.98 Å². The fraction of sp³-hybridized carbons (Fsp3) is 0.250. The molecule has 2 rings (SSSR count). The summed E-state index contributed by atoms with van der Waals surface area (Å²) < 4.78 is 7.64. The van der Waals surface area contributed by atoms with Crippen molar-refractivity contribution >= 4 is 23.2 Å². The first-order valence-electron chi connectivity index (χ1n) is 5.27. The van der Waals surface area contributed by atoms with E-state index in [9.17, 15) is 0 Å². The van der Waals surface area contributed by atoms with Crippen LogP contribution in [0.1, 0.15) is 12.6 Å². The molecule has 0 saturated carbocycles. The monoisotopic (exact) mass is 270 g/mol. The van der Waals surface area contributed by atoms with E-state index in [1.54, 1.807) is 30.7 Å². The molecule has 2 aromatic rings. The molecule has 0 atom stereocenters. The summed E-state index contributed by atoms with van der Waals surface area (Å²) in [6.07, 6.45) is 3.56. The van der Waals surface area contributed by atoms with E-state index >= 15 is 0 Å². The minimum absolute atomic E-state index is 0.425. The number of nitrogens with zero attached hydrogens (tertiary/aromatic N) is 2. The highest BCUT2D eigenvalue weighted by atomic mass is 35.5. The predicted molar refractivity (Wildman–Crippen MR) is 68.7 cm³/mol. The van der Waals surface area contributed by atoms with Crippen molar-refractivity contribution in [2.45, 2.75) is 20.1 Å². The summed E-state index contributed by atoms with van der Waals surface area (Å²) >= 11 is 11.9. The second-order valence-corrected chi connectivity index (χ2v) is 4.38. The van der Waals surface area contributed by atoms with Crippen molar-refractivity contribution < 1.29 is 4.74 Å². The second-order valence-electron chi connectivity index (χ2n) is 3.53. The zero-order valence-corrected chi connectivity index (χ0v) is 10.9. The minimum atomic E-state index is 0.425. The van der Waals surface area contributed by atoms with Crippen molar-refractivity contribution in [1.82, 2.24) is 9.55 Å². The van der Waals surface area contributed by atoms with Crippen LogP contribution in [-0.2, 0) is 13.2 Å². The summed E-state index contributed by atoms with van der Waals surface area (Å²) in [6, 6.07) is 5.15. The summed E-state index contributed by atoms with van der Waals surface area (Å²) in [6.45, 7) is 3.34. The molecule has 1 aromatic carbocycles. The van der Waals surface area contributed by atoms with Gasteiger partial charge in [0.1, 0.15) is 12.4 Å². The maximum atomic E-state index is 6.00. The molecule has 0 radical (unpaired) electrons. The van der Waals surface area contributed by atoms with Gasteiger partial charge in [-0.05, 0) is 19.1 Å². The Morgan fingerprint density at radius 2 is 2.18 bits per heavy atom. The van der Waals surface area contributed by atoms with Crippen LogP contribution in [0.25, 0.3) is 0 Å². The molecule has 90 valence electrons. The summed E-state index contributed by atoms with van der Waals surface area (Å²) in [5.74, 6) is 0.586. The van der Waals surface area contributed by atoms with E-state index in [1.807, 2.05) is 4.57 Å². The number of benzene rings is 1. The van der Waals surface area contributed by atoms with Crippen LogP contribution in [0.4, 0.5) is 0 Å². The van der Waals surface area contributed by atoms with Crippen molar-refractivity contribution in [1.29, 1.82) is 0 Å². The van der Waals surface area contributed by atoms with Crippen LogP contribution in [-0.4, -0.2) is 9.55 Å². The highest BCUT2D eigenvalue weighted by molar-refractivity contribution is 6.34. The molecule has 0 N–H and O–H groups in total. The molecular weight excluding hydrogens is 259 g/mol. The Kier molecular flexibility index (Phi) is 3.92. The van der Waals surface area contributed by atoms with Crippen LogP contribution >= 0.6 is 23.2 Å². The molecule has 1 heterocycles. The Balaban J connectivity index is 2.09. The fourth-order valence-electron chi connectivity index (χ4n) is 1.49. The van der Waals surface area contributed by atoms with Crippen molar-refractivity contribution in [3.8, 4) is 5.75 Å². The molecule has 0 saturated heterocycles. The van der Waals surface area contributed by atoms with Gasteiger partial charge in [0, 0.05) is 17.6 Å². The number of hydrogen-bond acceptors (Lipinski definition) is 2. The molecule has 0 aliphatic heterocycles. The number of ether oxygens (including phenoxy) is 1. The quantitative estimate of drug-likeness (QED) is 0.845. The average molecular weight is 271 g/mol. The largest absolute Gasteiger partial charge is 0.486 e. The summed E-state index contributed by atoms with van der Waals surface area (Å²) in [5, 5.41) is 1.16. The van der Waals surface area contributed by atoms with E-state index in [0.717, 1.165) is 12.2 Å². The molecule has 0 amide bonds. The van der Waals surface area contributed by atoms with Gasteiger partial charge in [-0.15, -0.1) is 0 Å². The van der Waals surface area contributed by atoms with Gasteiger partial charge in [-0.1, -0.05) is 23.2 Å². The second kappa shape index (κ2) is 5.43. The van der Waals surface area contributed by atoms with E-state index in [1.165, 1.54) is 0 Å². The highest BCUT2D eigenvalue weighted by Gasteiger charge is 2.05. The van der Waals surface area contributed by atoms with Gasteiger partial charge in [0.15, 0.2) is 0 Å². The first-order chi connectivity index (χ1) is 8.20. The van der Waals surface area contributed by atoms with Gasteiger partial charge in [0.25, 0.3) is 0 Å². The molecule has 0 spiro atoms.